The number of ether oxygens (including phenoxy) is 1. The van der Waals surface area contributed by atoms with E-state index in [4.69, 9.17) is 4.74 Å². The van der Waals surface area contributed by atoms with Gasteiger partial charge in [-0.05, 0) is 29.3 Å². The van der Waals surface area contributed by atoms with E-state index in [-0.39, 0.29) is 24.0 Å². The maximum atomic E-state index is 12.3. The first-order chi connectivity index (χ1) is 7.54. The summed E-state index contributed by atoms with van der Waals surface area (Å²) in [5.74, 6) is 0. The molecule has 1 aromatic carbocycles. The Labute approximate surface area is 95.0 Å². The van der Waals surface area contributed by atoms with Gasteiger partial charge >= 0.3 is 5.51 Å². The van der Waals surface area contributed by atoms with E-state index in [0.717, 1.165) is 11.1 Å². The molecule has 0 aliphatic carbocycles. The molecule has 5 heteroatoms. The smallest absolute Gasteiger partial charge is 0.364 e. The first-order valence-corrected chi connectivity index (χ1v) is 5.91. The number of thioether (sulfide) groups is 1. The second-order valence-electron chi connectivity index (χ2n) is 4.01. The predicted molar refractivity (Wildman–Crippen MR) is 55.1 cm³/mol. The molecule has 0 spiro atoms. The van der Waals surface area contributed by atoms with E-state index in [1.807, 2.05) is 24.3 Å². The number of halogens is 3. The lowest BCUT2D eigenvalue weighted by molar-refractivity contribution is -0.0339. The van der Waals surface area contributed by atoms with E-state index < -0.39 is 10.8 Å². The molecule has 1 nitrogen and oxygen atoms in total. The molecule has 0 radical (unpaired) electrons. The topological polar surface area (TPSA) is 9.23 Å². The summed E-state index contributed by atoms with van der Waals surface area (Å²) in [6, 6.07) is 7.55. The molecule has 2 aliphatic rings. The van der Waals surface area contributed by atoms with Crippen molar-refractivity contribution in [2.75, 3.05) is 0 Å². The van der Waals surface area contributed by atoms with Gasteiger partial charge in [-0.25, -0.2) is 0 Å². The van der Waals surface area contributed by atoms with E-state index in [1.165, 1.54) is 0 Å². The molecule has 1 fully saturated rings. The highest BCUT2D eigenvalue weighted by molar-refractivity contribution is 8.00. The average molecular weight is 246 g/mol. The lowest BCUT2D eigenvalue weighted by atomic mass is 9.92. The summed E-state index contributed by atoms with van der Waals surface area (Å²) in [7, 11) is 0. The summed E-state index contributed by atoms with van der Waals surface area (Å²) in [5, 5.41) is -0.486. The summed E-state index contributed by atoms with van der Waals surface area (Å²) in [6.07, 6.45) is -0.0554. The standard InChI is InChI=1S/C11H9F3OS/c12-11(13,14)16-9-5-8-6-3-1-2-4-7(6)10(9)15-8/h1-4,8-10H,5H2. The van der Waals surface area contributed by atoms with Crippen LogP contribution in [0.2, 0.25) is 0 Å². The van der Waals surface area contributed by atoms with E-state index in [9.17, 15) is 13.2 Å². The van der Waals surface area contributed by atoms with Crippen LogP contribution in [0.3, 0.4) is 0 Å². The Hall–Kier alpha value is -0.680. The quantitative estimate of drug-likeness (QED) is 0.744. The van der Waals surface area contributed by atoms with E-state index in [1.54, 1.807) is 0 Å². The minimum absolute atomic E-state index is 0.0660. The molecule has 16 heavy (non-hydrogen) atoms. The largest absolute Gasteiger partial charge is 0.442 e. The Morgan fingerprint density at radius 1 is 1.19 bits per heavy atom. The number of benzene rings is 1. The highest BCUT2D eigenvalue weighted by Gasteiger charge is 2.49. The number of hydrogen-bond acceptors (Lipinski definition) is 2. The maximum Gasteiger partial charge on any atom is 0.442 e. The van der Waals surface area contributed by atoms with Crippen LogP contribution in [0.1, 0.15) is 29.8 Å². The van der Waals surface area contributed by atoms with Crippen molar-refractivity contribution < 1.29 is 17.9 Å². The minimum atomic E-state index is -4.17. The zero-order chi connectivity index (χ0) is 11.3. The molecule has 1 saturated heterocycles. The fourth-order valence-corrected chi connectivity index (χ4v) is 3.42. The summed E-state index contributed by atoms with van der Waals surface area (Å²) in [4.78, 5) is 0. The fraction of sp³-hybridized carbons (Fsp3) is 0.455. The van der Waals surface area contributed by atoms with Crippen molar-refractivity contribution in [1.29, 1.82) is 0 Å². The molecule has 1 aromatic rings. The zero-order valence-electron chi connectivity index (χ0n) is 8.20. The van der Waals surface area contributed by atoms with Crippen molar-refractivity contribution in [2.24, 2.45) is 0 Å². The average Bonchev–Trinajstić information content (AvgIpc) is 2.73. The highest BCUT2D eigenvalue weighted by atomic mass is 32.2. The number of rotatable bonds is 1. The molecule has 3 rings (SSSR count). The normalized spacial score (nSPS) is 31.8. The molecular weight excluding hydrogens is 237 g/mol. The SMILES string of the molecule is FC(F)(F)SC1CC2OC1c1ccccc12. The summed E-state index contributed by atoms with van der Waals surface area (Å²) in [5.41, 5.74) is -2.18. The second kappa shape index (κ2) is 3.40. The monoisotopic (exact) mass is 246 g/mol. The number of fused-ring (bicyclic) bond motifs is 5. The molecule has 86 valence electrons. The third-order valence-corrected chi connectivity index (χ3v) is 4.04. The molecule has 2 aliphatic heterocycles. The molecule has 3 atom stereocenters. The van der Waals surface area contributed by atoms with Crippen LogP contribution in [0.15, 0.2) is 24.3 Å². The molecule has 0 N–H and O–H groups in total. The van der Waals surface area contributed by atoms with Crippen LogP contribution >= 0.6 is 11.8 Å². The number of hydrogen-bond donors (Lipinski definition) is 0. The van der Waals surface area contributed by atoms with Crippen LogP contribution in [0.25, 0.3) is 0 Å². The molecule has 3 unspecified atom stereocenters. The Morgan fingerprint density at radius 2 is 1.88 bits per heavy atom. The van der Waals surface area contributed by atoms with Gasteiger partial charge in [-0.1, -0.05) is 24.3 Å². The maximum absolute atomic E-state index is 12.3. The third kappa shape index (κ3) is 1.62. The zero-order valence-corrected chi connectivity index (χ0v) is 9.02. The van der Waals surface area contributed by atoms with Gasteiger partial charge in [0.05, 0.1) is 12.2 Å². The lowest BCUT2D eigenvalue weighted by Gasteiger charge is -2.21. The first kappa shape index (κ1) is 10.5. The Balaban J connectivity index is 1.87. The van der Waals surface area contributed by atoms with E-state index >= 15 is 0 Å². The van der Waals surface area contributed by atoms with Gasteiger partial charge in [-0.15, -0.1) is 0 Å². The van der Waals surface area contributed by atoms with Gasteiger partial charge in [0, 0.05) is 5.25 Å². The Bertz CT molecular complexity index is 418. The van der Waals surface area contributed by atoms with Crippen molar-refractivity contribution in [3.63, 3.8) is 0 Å². The predicted octanol–water partition coefficient (Wildman–Crippen LogP) is 3.82. The van der Waals surface area contributed by atoms with Crippen molar-refractivity contribution in [3.8, 4) is 0 Å². The van der Waals surface area contributed by atoms with Crippen molar-refractivity contribution in [2.45, 2.75) is 29.4 Å². The van der Waals surface area contributed by atoms with Crippen LogP contribution < -0.4 is 0 Å². The van der Waals surface area contributed by atoms with Gasteiger partial charge in [-0.3, -0.25) is 0 Å². The second-order valence-corrected chi connectivity index (χ2v) is 5.32. The molecule has 0 saturated carbocycles. The molecule has 0 aromatic heterocycles. The van der Waals surface area contributed by atoms with Gasteiger partial charge in [0.15, 0.2) is 0 Å². The van der Waals surface area contributed by atoms with Gasteiger partial charge < -0.3 is 4.74 Å². The van der Waals surface area contributed by atoms with E-state index in [2.05, 4.69) is 0 Å². The first-order valence-electron chi connectivity index (χ1n) is 5.03. The van der Waals surface area contributed by atoms with Gasteiger partial charge in [0.2, 0.25) is 0 Å². The molecular formula is C11H9F3OS. The Morgan fingerprint density at radius 3 is 2.56 bits per heavy atom. The summed E-state index contributed by atoms with van der Waals surface area (Å²) >= 11 is 0.0660. The summed E-state index contributed by atoms with van der Waals surface area (Å²) < 4.78 is 42.5. The third-order valence-electron chi connectivity index (χ3n) is 3.03. The summed E-state index contributed by atoms with van der Waals surface area (Å²) in [6.45, 7) is 0. The van der Waals surface area contributed by atoms with Crippen LogP contribution in [0.4, 0.5) is 13.2 Å². The molecule has 2 bridgehead atoms. The van der Waals surface area contributed by atoms with Crippen LogP contribution in [-0.4, -0.2) is 10.8 Å². The Kier molecular flexibility index (Phi) is 2.23. The van der Waals surface area contributed by atoms with Gasteiger partial charge in [-0.2, -0.15) is 13.2 Å². The highest BCUT2D eigenvalue weighted by Crippen LogP contribution is 2.56. The van der Waals surface area contributed by atoms with Crippen LogP contribution in [-0.2, 0) is 4.74 Å². The van der Waals surface area contributed by atoms with Gasteiger partial charge in [0.1, 0.15) is 0 Å². The van der Waals surface area contributed by atoms with E-state index in [0.29, 0.717) is 6.42 Å². The van der Waals surface area contributed by atoms with Crippen molar-refractivity contribution in [1.82, 2.24) is 0 Å². The molecule has 0 amide bonds. The minimum Gasteiger partial charge on any atom is -0.364 e. The van der Waals surface area contributed by atoms with Gasteiger partial charge in [0.25, 0.3) is 0 Å². The van der Waals surface area contributed by atoms with Crippen molar-refractivity contribution in [3.05, 3.63) is 35.4 Å². The fourth-order valence-electron chi connectivity index (χ4n) is 2.47. The molecule has 2 heterocycles. The number of alkyl halides is 3. The van der Waals surface area contributed by atoms with Crippen LogP contribution in [0, 0.1) is 0 Å². The van der Waals surface area contributed by atoms with Crippen molar-refractivity contribution >= 4 is 11.8 Å². The van der Waals surface area contributed by atoms with Crippen LogP contribution in [0.5, 0.6) is 0 Å². The lowest BCUT2D eigenvalue weighted by Crippen LogP contribution is -2.18.